The fourth-order valence-electron chi connectivity index (χ4n) is 1.63. The number of hydrogen-bond donors (Lipinski definition) is 2. The Labute approximate surface area is 119 Å². The molecule has 0 saturated carbocycles. The van der Waals surface area contributed by atoms with E-state index in [1.807, 2.05) is 19.0 Å². The average Bonchev–Trinajstić information content (AvgIpc) is 2.35. The first-order valence-electron chi connectivity index (χ1n) is 6.17. The molecule has 1 rings (SSSR count). The first-order chi connectivity index (χ1) is 9.15. The molecule has 0 aromatic heterocycles. The molecule has 0 aliphatic heterocycles. The molecule has 0 saturated heterocycles. The van der Waals surface area contributed by atoms with Crippen molar-refractivity contribution in [3.8, 4) is 0 Å². The molecule has 0 radical (unpaired) electrons. The summed E-state index contributed by atoms with van der Waals surface area (Å²) >= 11 is 0. The lowest BCUT2D eigenvalue weighted by Gasteiger charge is -2.18. The number of nitrogens with zero attached hydrogens (tertiary/aromatic N) is 1. The van der Waals surface area contributed by atoms with Gasteiger partial charge in [0.15, 0.2) is 0 Å². The third kappa shape index (κ3) is 3.94. The van der Waals surface area contributed by atoms with E-state index >= 15 is 0 Å². The number of carboxylic acids is 1. The quantitative estimate of drug-likeness (QED) is 0.822. The standard InChI is InChI=1S/C13H20N2O4S/c1-9(2)12(13(16)17)14-20(18,19)11-7-5-10(6-8-11)15(3)4/h5-9,12,14H,1-4H3,(H,16,17)/t12-/m1/s1. The van der Waals surface area contributed by atoms with Gasteiger partial charge in [-0.25, -0.2) is 8.42 Å². The Hall–Kier alpha value is -1.60. The minimum Gasteiger partial charge on any atom is -0.480 e. The zero-order valence-corrected chi connectivity index (χ0v) is 12.8. The summed E-state index contributed by atoms with van der Waals surface area (Å²) in [5, 5.41) is 9.04. The van der Waals surface area contributed by atoms with E-state index in [0.29, 0.717) is 0 Å². The number of carbonyl (C=O) groups is 1. The van der Waals surface area contributed by atoms with Gasteiger partial charge in [0, 0.05) is 19.8 Å². The van der Waals surface area contributed by atoms with Crippen molar-refractivity contribution in [1.29, 1.82) is 0 Å². The summed E-state index contributed by atoms with van der Waals surface area (Å²) in [6.07, 6.45) is 0. The van der Waals surface area contributed by atoms with Crippen molar-refractivity contribution in [2.75, 3.05) is 19.0 Å². The van der Waals surface area contributed by atoms with Crippen molar-refractivity contribution < 1.29 is 18.3 Å². The largest absolute Gasteiger partial charge is 0.480 e. The molecule has 1 aromatic carbocycles. The molecule has 0 heterocycles. The minimum atomic E-state index is -3.84. The number of anilines is 1. The second-order valence-electron chi connectivity index (χ2n) is 5.07. The molecule has 1 aromatic rings. The number of hydrogen-bond acceptors (Lipinski definition) is 4. The highest BCUT2D eigenvalue weighted by molar-refractivity contribution is 7.89. The summed E-state index contributed by atoms with van der Waals surface area (Å²) in [7, 11) is -0.145. The highest BCUT2D eigenvalue weighted by Crippen LogP contribution is 2.17. The number of sulfonamides is 1. The zero-order valence-electron chi connectivity index (χ0n) is 12.0. The highest BCUT2D eigenvalue weighted by Gasteiger charge is 2.27. The molecule has 0 amide bonds. The van der Waals surface area contributed by atoms with E-state index < -0.39 is 22.0 Å². The summed E-state index contributed by atoms with van der Waals surface area (Å²) in [5.41, 5.74) is 0.864. The van der Waals surface area contributed by atoms with Gasteiger partial charge < -0.3 is 10.0 Å². The van der Waals surface area contributed by atoms with Crippen LogP contribution in [0.1, 0.15) is 13.8 Å². The number of benzene rings is 1. The van der Waals surface area contributed by atoms with E-state index in [-0.39, 0.29) is 10.8 Å². The van der Waals surface area contributed by atoms with Gasteiger partial charge >= 0.3 is 5.97 Å². The van der Waals surface area contributed by atoms with Crippen LogP contribution in [-0.4, -0.2) is 39.6 Å². The van der Waals surface area contributed by atoms with E-state index in [1.165, 1.54) is 12.1 Å². The zero-order chi connectivity index (χ0) is 15.5. The lowest BCUT2D eigenvalue weighted by molar-refractivity contribution is -0.140. The van der Waals surface area contributed by atoms with Crippen LogP contribution in [-0.2, 0) is 14.8 Å². The number of carboxylic acid groups (broad SMARTS) is 1. The molecule has 0 spiro atoms. The number of rotatable bonds is 6. The van der Waals surface area contributed by atoms with E-state index in [0.717, 1.165) is 5.69 Å². The maximum absolute atomic E-state index is 12.1. The van der Waals surface area contributed by atoms with E-state index in [9.17, 15) is 13.2 Å². The Morgan fingerprint density at radius 1 is 1.20 bits per heavy atom. The molecule has 1 atom stereocenters. The summed E-state index contributed by atoms with van der Waals surface area (Å²) in [4.78, 5) is 13.0. The molecule has 0 bridgehead atoms. The molecule has 112 valence electrons. The van der Waals surface area contributed by atoms with Gasteiger partial charge in [0.05, 0.1) is 4.90 Å². The van der Waals surface area contributed by atoms with Crippen LogP contribution < -0.4 is 9.62 Å². The lowest BCUT2D eigenvalue weighted by atomic mass is 10.1. The van der Waals surface area contributed by atoms with Crippen LogP contribution in [0, 0.1) is 5.92 Å². The van der Waals surface area contributed by atoms with Crippen molar-refractivity contribution in [2.24, 2.45) is 5.92 Å². The van der Waals surface area contributed by atoms with Gasteiger partial charge in [-0.05, 0) is 30.2 Å². The van der Waals surface area contributed by atoms with Crippen molar-refractivity contribution >= 4 is 21.7 Å². The molecule has 0 unspecified atom stereocenters. The van der Waals surface area contributed by atoms with Crippen molar-refractivity contribution in [1.82, 2.24) is 4.72 Å². The van der Waals surface area contributed by atoms with Gasteiger partial charge in [0.1, 0.15) is 6.04 Å². The Morgan fingerprint density at radius 3 is 2.05 bits per heavy atom. The number of nitrogens with one attached hydrogen (secondary N) is 1. The molecule has 0 aliphatic carbocycles. The summed E-state index contributed by atoms with van der Waals surface area (Å²) in [6, 6.07) is 5.10. The minimum absolute atomic E-state index is 0.0509. The van der Waals surface area contributed by atoms with Crippen LogP contribution in [0.4, 0.5) is 5.69 Å². The maximum Gasteiger partial charge on any atom is 0.322 e. The third-order valence-electron chi connectivity index (χ3n) is 2.88. The normalized spacial score (nSPS) is 13.2. The van der Waals surface area contributed by atoms with Crippen molar-refractivity contribution in [2.45, 2.75) is 24.8 Å². The SMILES string of the molecule is CC(C)[C@@H](NS(=O)(=O)c1ccc(N(C)C)cc1)C(=O)O. The molecular weight excluding hydrogens is 280 g/mol. The van der Waals surface area contributed by atoms with Gasteiger partial charge in [-0.3, -0.25) is 4.79 Å². The van der Waals surface area contributed by atoms with Crippen LogP contribution in [0.2, 0.25) is 0 Å². The molecule has 6 nitrogen and oxygen atoms in total. The fourth-order valence-corrected chi connectivity index (χ4v) is 2.97. The summed E-state index contributed by atoms with van der Waals surface area (Å²) in [5.74, 6) is -1.53. The molecule has 7 heteroatoms. The molecule has 2 N–H and O–H groups in total. The first kappa shape index (κ1) is 16.5. The van der Waals surface area contributed by atoms with Crippen molar-refractivity contribution in [3.05, 3.63) is 24.3 Å². The van der Waals surface area contributed by atoms with Gasteiger partial charge in [0.2, 0.25) is 10.0 Å². The monoisotopic (exact) mass is 300 g/mol. The lowest BCUT2D eigenvalue weighted by Crippen LogP contribution is -2.44. The predicted molar refractivity (Wildman–Crippen MR) is 77.4 cm³/mol. The maximum atomic E-state index is 12.1. The van der Waals surface area contributed by atoms with E-state index in [2.05, 4.69) is 4.72 Å². The molecule has 20 heavy (non-hydrogen) atoms. The van der Waals surface area contributed by atoms with Crippen LogP contribution in [0.25, 0.3) is 0 Å². The Morgan fingerprint density at radius 2 is 1.70 bits per heavy atom. The molecule has 0 aliphatic rings. The summed E-state index contributed by atoms with van der Waals surface area (Å²) in [6.45, 7) is 3.30. The Balaban J connectivity index is 3.01. The van der Waals surface area contributed by atoms with Crippen LogP contribution >= 0.6 is 0 Å². The topological polar surface area (TPSA) is 86.7 Å². The van der Waals surface area contributed by atoms with Gasteiger partial charge in [-0.1, -0.05) is 13.8 Å². The predicted octanol–water partition coefficient (Wildman–Crippen LogP) is 1.14. The van der Waals surface area contributed by atoms with Crippen LogP contribution in [0.5, 0.6) is 0 Å². The smallest absolute Gasteiger partial charge is 0.322 e. The van der Waals surface area contributed by atoms with Gasteiger partial charge in [-0.2, -0.15) is 4.72 Å². The Kier molecular flexibility index (Phi) is 5.13. The average molecular weight is 300 g/mol. The second-order valence-corrected chi connectivity index (χ2v) is 6.78. The highest BCUT2D eigenvalue weighted by atomic mass is 32.2. The molecule has 0 fully saturated rings. The number of aliphatic carboxylic acids is 1. The third-order valence-corrected chi connectivity index (χ3v) is 4.34. The second kappa shape index (κ2) is 6.23. The van der Waals surface area contributed by atoms with E-state index in [4.69, 9.17) is 5.11 Å². The summed E-state index contributed by atoms with van der Waals surface area (Å²) < 4.78 is 26.5. The van der Waals surface area contributed by atoms with Gasteiger partial charge in [-0.15, -0.1) is 0 Å². The van der Waals surface area contributed by atoms with E-state index in [1.54, 1.807) is 26.0 Å². The van der Waals surface area contributed by atoms with Gasteiger partial charge in [0.25, 0.3) is 0 Å². The van der Waals surface area contributed by atoms with Crippen LogP contribution in [0.3, 0.4) is 0 Å². The Bertz CT molecular complexity index is 565. The fraction of sp³-hybridized carbons (Fsp3) is 0.462. The molecular formula is C13H20N2O4S. The first-order valence-corrected chi connectivity index (χ1v) is 7.66. The van der Waals surface area contributed by atoms with Crippen molar-refractivity contribution in [3.63, 3.8) is 0 Å². The van der Waals surface area contributed by atoms with Crippen LogP contribution in [0.15, 0.2) is 29.2 Å².